The Morgan fingerprint density at radius 2 is 1.87 bits per heavy atom. The first-order chi connectivity index (χ1) is 14.8. The van der Waals surface area contributed by atoms with Crippen molar-refractivity contribution in [2.45, 2.75) is 13.3 Å². The minimum Gasteiger partial charge on any atom is -0.489 e. The summed E-state index contributed by atoms with van der Waals surface area (Å²) in [6, 6.07) is 9.62. The molecule has 6 nitrogen and oxygen atoms in total. The highest BCUT2D eigenvalue weighted by molar-refractivity contribution is 9.10. The zero-order chi connectivity index (χ0) is 22.5. The number of amides is 4. The maximum absolute atomic E-state index is 13.1. The van der Waals surface area contributed by atoms with Gasteiger partial charge in [0.2, 0.25) is 0 Å². The van der Waals surface area contributed by atoms with Crippen LogP contribution in [0.15, 0.2) is 71.8 Å². The predicted octanol–water partition coefficient (Wildman–Crippen LogP) is 4.72. The van der Waals surface area contributed by atoms with Crippen LogP contribution in [0.25, 0.3) is 6.08 Å². The lowest BCUT2D eigenvalue weighted by atomic mass is 10.0. The molecule has 2 aromatic rings. The zero-order valence-corrected chi connectivity index (χ0v) is 18.6. The fourth-order valence-electron chi connectivity index (χ4n) is 3.12. The second-order valence-electron chi connectivity index (χ2n) is 6.85. The number of carbonyl (C=O) groups excluding carboxylic acids is 3. The minimum atomic E-state index is -0.783. The van der Waals surface area contributed by atoms with E-state index in [0.29, 0.717) is 30.0 Å². The molecule has 1 fully saturated rings. The number of nitrogens with zero attached hydrogens (tertiary/aromatic N) is 1. The van der Waals surface area contributed by atoms with Gasteiger partial charge in [-0.1, -0.05) is 40.7 Å². The first-order valence-electron chi connectivity index (χ1n) is 9.50. The monoisotopic (exact) mass is 480 g/mol. The molecule has 1 aliphatic rings. The Kier molecular flexibility index (Phi) is 6.87. The van der Waals surface area contributed by atoms with Gasteiger partial charge in [0, 0.05) is 4.47 Å². The molecule has 1 N–H and O–H groups in total. The van der Waals surface area contributed by atoms with Gasteiger partial charge >= 0.3 is 6.03 Å². The van der Waals surface area contributed by atoms with E-state index in [4.69, 9.17) is 4.74 Å². The summed E-state index contributed by atoms with van der Waals surface area (Å²) in [5.74, 6) is -0.756. The first kappa shape index (κ1) is 22.2. The number of benzene rings is 2. The Bertz CT molecular complexity index is 1120. The van der Waals surface area contributed by atoms with Crippen molar-refractivity contribution in [1.82, 2.24) is 5.32 Å². The molecule has 0 spiro atoms. The van der Waals surface area contributed by atoms with Gasteiger partial charge in [-0.3, -0.25) is 14.9 Å². The van der Waals surface area contributed by atoms with Crippen molar-refractivity contribution in [3.8, 4) is 5.75 Å². The summed E-state index contributed by atoms with van der Waals surface area (Å²) in [5.41, 5.74) is 2.57. The van der Waals surface area contributed by atoms with Crippen molar-refractivity contribution in [3.05, 3.63) is 88.4 Å². The normalized spacial score (nSPS) is 15.1. The number of imide groups is 2. The summed E-state index contributed by atoms with van der Waals surface area (Å²) < 4.78 is 6.49. The topological polar surface area (TPSA) is 75.7 Å². The van der Waals surface area contributed by atoms with Gasteiger partial charge in [0.1, 0.15) is 17.9 Å². The number of allylic oxidation sites excluding steroid dienone is 1. The molecule has 3 rings (SSSR count). The number of carbonyl (C=O) groups is 3. The average Bonchev–Trinajstić information content (AvgIpc) is 2.73. The van der Waals surface area contributed by atoms with Gasteiger partial charge in [-0.2, -0.15) is 0 Å². The van der Waals surface area contributed by atoms with Gasteiger partial charge in [0.25, 0.3) is 11.8 Å². The van der Waals surface area contributed by atoms with Gasteiger partial charge in [-0.25, -0.2) is 9.69 Å². The Balaban J connectivity index is 1.99. The Labute approximate surface area is 189 Å². The summed E-state index contributed by atoms with van der Waals surface area (Å²) in [5, 5.41) is 2.24. The molecule has 7 heteroatoms. The van der Waals surface area contributed by atoms with E-state index in [1.807, 2.05) is 13.0 Å². The molecular formula is C24H21BrN2O4. The highest BCUT2D eigenvalue weighted by Crippen LogP contribution is 2.27. The van der Waals surface area contributed by atoms with Crippen LogP contribution in [0.5, 0.6) is 5.75 Å². The largest absolute Gasteiger partial charge is 0.489 e. The number of nitrogens with one attached hydrogen (secondary N) is 1. The fourth-order valence-corrected chi connectivity index (χ4v) is 3.37. The molecule has 1 aliphatic heterocycles. The molecule has 0 aliphatic carbocycles. The van der Waals surface area contributed by atoms with Crippen molar-refractivity contribution in [3.63, 3.8) is 0 Å². The maximum Gasteiger partial charge on any atom is 0.335 e. The summed E-state index contributed by atoms with van der Waals surface area (Å²) in [6.45, 7) is 9.60. The van der Waals surface area contributed by atoms with Gasteiger partial charge in [-0.05, 0) is 66.4 Å². The fraction of sp³-hybridized carbons (Fsp3) is 0.125. The Morgan fingerprint density at radius 3 is 2.55 bits per heavy atom. The Morgan fingerprint density at radius 1 is 1.10 bits per heavy atom. The summed E-state index contributed by atoms with van der Waals surface area (Å²) in [6.07, 6.45) is 5.40. The van der Waals surface area contributed by atoms with Crippen molar-refractivity contribution in [2.24, 2.45) is 0 Å². The SMILES string of the molecule is C=CCOc1ccc(/C=C2\C(=O)NC(=O)N(c3ccc(Br)c(C)c3)C2=O)cc1CC=C. The summed E-state index contributed by atoms with van der Waals surface area (Å²) in [4.78, 5) is 38.9. The van der Waals surface area contributed by atoms with Crippen LogP contribution in [0.4, 0.5) is 10.5 Å². The minimum absolute atomic E-state index is 0.135. The number of aryl methyl sites for hydroxylation is 1. The van der Waals surface area contributed by atoms with Gasteiger partial charge in [0.15, 0.2) is 0 Å². The third-order valence-corrected chi connectivity index (χ3v) is 5.51. The smallest absolute Gasteiger partial charge is 0.335 e. The lowest BCUT2D eigenvalue weighted by molar-refractivity contribution is -0.122. The molecule has 2 aromatic carbocycles. The van der Waals surface area contributed by atoms with Crippen molar-refractivity contribution in [1.29, 1.82) is 0 Å². The number of urea groups is 1. The number of ether oxygens (including phenoxy) is 1. The molecule has 4 amide bonds. The maximum atomic E-state index is 13.1. The number of halogens is 1. The summed E-state index contributed by atoms with van der Waals surface area (Å²) in [7, 11) is 0. The van der Waals surface area contributed by atoms with Gasteiger partial charge < -0.3 is 4.74 Å². The van der Waals surface area contributed by atoms with Crippen LogP contribution < -0.4 is 15.0 Å². The number of anilines is 1. The third-order valence-electron chi connectivity index (χ3n) is 4.62. The van der Waals surface area contributed by atoms with Crippen molar-refractivity contribution >= 4 is 45.5 Å². The van der Waals surface area contributed by atoms with E-state index < -0.39 is 17.8 Å². The zero-order valence-electron chi connectivity index (χ0n) is 17.0. The Hall–Kier alpha value is -3.45. The quantitative estimate of drug-likeness (QED) is 0.353. The van der Waals surface area contributed by atoms with E-state index in [9.17, 15) is 14.4 Å². The van der Waals surface area contributed by atoms with Crippen LogP contribution in [0.1, 0.15) is 16.7 Å². The molecule has 0 atom stereocenters. The van der Waals surface area contributed by atoms with E-state index in [1.54, 1.807) is 42.5 Å². The molecule has 0 unspecified atom stereocenters. The third kappa shape index (κ3) is 4.83. The van der Waals surface area contributed by atoms with Crippen LogP contribution in [0.2, 0.25) is 0 Å². The average molecular weight is 481 g/mol. The van der Waals surface area contributed by atoms with Crippen LogP contribution in [0.3, 0.4) is 0 Å². The molecule has 158 valence electrons. The van der Waals surface area contributed by atoms with Gasteiger partial charge in [0.05, 0.1) is 5.69 Å². The van der Waals surface area contributed by atoms with E-state index >= 15 is 0 Å². The number of hydrogen-bond acceptors (Lipinski definition) is 4. The second-order valence-corrected chi connectivity index (χ2v) is 7.71. The predicted molar refractivity (Wildman–Crippen MR) is 124 cm³/mol. The second kappa shape index (κ2) is 9.57. The summed E-state index contributed by atoms with van der Waals surface area (Å²) >= 11 is 3.40. The molecule has 1 heterocycles. The van der Waals surface area contributed by atoms with Crippen LogP contribution in [0, 0.1) is 6.92 Å². The molecule has 0 saturated carbocycles. The number of barbiturate groups is 1. The number of rotatable bonds is 7. The van der Waals surface area contributed by atoms with Crippen LogP contribution >= 0.6 is 15.9 Å². The van der Waals surface area contributed by atoms with E-state index in [1.165, 1.54) is 6.08 Å². The van der Waals surface area contributed by atoms with Crippen molar-refractivity contribution in [2.75, 3.05) is 11.5 Å². The van der Waals surface area contributed by atoms with E-state index in [2.05, 4.69) is 34.4 Å². The molecule has 31 heavy (non-hydrogen) atoms. The number of hydrogen-bond donors (Lipinski definition) is 1. The lowest BCUT2D eigenvalue weighted by Crippen LogP contribution is -2.54. The molecule has 0 aromatic heterocycles. The lowest BCUT2D eigenvalue weighted by Gasteiger charge is -2.26. The standard InChI is InChI=1S/C24H21BrN2O4/c1-4-6-17-13-16(7-10-21(17)31-11-5-2)14-19-22(28)26-24(30)27(23(19)29)18-8-9-20(25)15(3)12-18/h4-5,7-10,12-14H,1-2,6,11H2,3H3,(H,26,28,30)/b19-14+. The highest BCUT2D eigenvalue weighted by atomic mass is 79.9. The highest BCUT2D eigenvalue weighted by Gasteiger charge is 2.36. The molecule has 0 radical (unpaired) electrons. The van der Waals surface area contributed by atoms with E-state index in [-0.39, 0.29) is 5.57 Å². The van der Waals surface area contributed by atoms with Crippen LogP contribution in [-0.4, -0.2) is 24.5 Å². The van der Waals surface area contributed by atoms with Crippen LogP contribution in [-0.2, 0) is 16.0 Å². The van der Waals surface area contributed by atoms with Crippen molar-refractivity contribution < 1.29 is 19.1 Å². The van der Waals surface area contributed by atoms with E-state index in [0.717, 1.165) is 20.5 Å². The first-order valence-corrected chi connectivity index (χ1v) is 10.3. The van der Waals surface area contributed by atoms with Gasteiger partial charge in [-0.15, -0.1) is 6.58 Å². The molecule has 1 saturated heterocycles. The molecular weight excluding hydrogens is 460 g/mol. The molecule has 0 bridgehead atoms.